The number of hydrogen-bond acceptors (Lipinski definition) is 4. The van der Waals surface area contributed by atoms with Crippen LogP contribution in [-0.4, -0.2) is 25.3 Å². The molecule has 0 atom stereocenters. The lowest BCUT2D eigenvalue weighted by molar-refractivity contribution is 0.0851. The smallest absolute Gasteiger partial charge is 0.216 e. The van der Waals surface area contributed by atoms with Crippen molar-refractivity contribution in [2.45, 2.75) is 51.4 Å². The van der Waals surface area contributed by atoms with Crippen LogP contribution in [-0.2, 0) is 24.0 Å². The summed E-state index contributed by atoms with van der Waals surface area (Å²) >= 11 is 0. The maximum atomic E-state index is 5.56. The number of nitrogens with zero attached hydrogens (tertiary/aromatic N) is 1. The maximum absolute atomic E-state index is 5.56. The predicted molar refractivity (Wildman–Crippen MR) is 122 cm³/mol. The van der Waals surface area contributed by atoms with Crippen LogP contribution in [0.4, 0.5) is 0 Å². The van der Waals surface area contributed by atoms with Crippen molar-refractivity contribution in [3.8, 4) is 5.88 Å². The maximum Gasteiger partial charge on any atom is 0.216 e. The number of methoxy groups -OCH3 is 1. The monoisotopic (exact) mass is 404 g/mol. The van der Waals surface area contributed by atoms with Gasteiger partial charge in [0.15, 0.2) is 0 Å². The van der Waals surface area contributed by atoms with Crippen molar-refractivity contribution in [3.63, 3.8) is 0 Å². The zero-order chi connectivity index (χ0) is 21.1. The third-order valence-electron chi connectivity index (χ3n) is 6.46. The molecule has 1 N–H and O–H groups in total. The predicted octanol–water partition coefficient (Wildman–Crippen LogP) is 5.10. The molecule has 30 heavy (non-hydrogen) atoms. The number of rotatable bonds is 7. The van der Waals surface area contributed by atoms with Crippen LogP contribution in [0.25, 0.3) is 5.70 Å². The number of aromatic nitrogens is 1. The number of ether oxygens (including phenoxy) is 2. The van der Waals surface area contributed by atoms with Crippen LogP contribution in [0.2, 0.25) is 0 Å². The van der Waals surface area contributed by atoms with Crippen LogP contribution in [0, 0.1) is 6.92 Å². The minimum atomic E-state index is 0.471. The molecule has 1 aromatic heterocycles. The zero-order valence-electron chi connectivity index (χ0n) is 18.2. The summed E-state index contributed by atoms with van der Waals surface area (Å²) in [5.74, 6) is 1.16. The van der Waals surface area contributed by atoms with Gasteiger partial charge in [0.1, 0.15) is 0 Å². The van der Waals surface area contributed by atoms with E-state index in [2.05, 4.69) is 48.6 Å². The topological polar surface area (TPSA) is 43.4 Å². The number of aryl methyl sites for hydroxylation is 2. The Kier molecular flexibility index (Phi) is 6.24. The van der Waals surface area contributed by atoms with Gasteiger partial charge in [-0.25, -0.2) is 4.98 Å². The van der Waals surface area contributed by atoms with Crippen molar-refractivity contribution in [2.75, 3.05) is 20.3 Å². The van der Waals surface area contributed by atoms with Crippen LogP contribution in [0.3, 0.4) is 0 Å². The van der Waals surface area contributed by atoms with Crippen molar-refractivity contribution >= 4 is 5.70 Å². The molecule has 0 radical (unpaired) electrons. The highest BCUT2D eigenvalue weighted by Crippen LogP contribution is 2.34. The fourth-order valence-corrected chi connectivity index (χ4v) is 4.75. The summed E-state index contributed by atoms with van der Waals surface area (Å²) in [7, 11) is 1.68. The van der Waals surface area contributed by atoms with Gasteiger partial charge in [0, 0.05) is 42.8 Å². The fraction of sp³-hybridized carbons (Fsp3) is 0.423. The molecule has 2 aromatic rings. The molecule has 2 aliphatic rings. The molecule has 1 saturated heterocycles. The van der Waals surface area contributed by atoms with Gasteiger partial charge in [0.05, 0.1) is 7.11 Å². The summed E-state index contributed by atoms with van der Waals surface area (Å²) in [6.45, 7) is 12.3. The summed E-state index contributed by atoms with van der Waals surface area (Å²) in [6.07, 6.45) is 8.39. The van der Waals surface area contributed by atoms with Gasteiger partial charge in [0.2, 0.25) is 5.88 Å². The van der Waals surface area contributed by atoms with E-state index >= 15 is 0 Å². The Bertz CT molecular complexity index is 958. The molecule has 4 nitrogen and oxygen atoms in total. The van der Waals surface area contributed by atoms with Crippen molar-refractivity contribution in [3.05, 3.63) is 76.6 Å². The van der Waals surface area contributed by atoms with Crippen LogP contribution in [0.15, 0.2) is 43.3 Å². The lowest BCUT2D eigenvalue weighted by Gasteiger charge is -2.26. The molecular weight excluding hydrogens is 372 g/mol. The molecule has 4 heteroatoms. The summed E-state index contributed by atoms with van der Waals surface area (Å²) in [5, 5.41) is 3.46. The molecule has 1 aliphatic carbocycles. The second-order valence-corrected chi connectivity index (χ2v) is 8.43. The Balaban J connectivity index is 1.52. The number of fused-ring (bicyclic) bond motifs is 1. The summed E-state index contributed by atoms with van der Waals surface area (Å²) in [6, 6.07) is 6.69. The number of pyridine rings is 1. The summed E-state index contributed by atoms with van der Waals surface area (Å²) < 4.78 is 11.1. The second-order valence-electron chi connectivity index (χ2n) is 8.43. The molecule has 0 unspecified atom stereocenters. The minimum absolute atomic E-state index is 0.471. The molecule has 0 spiro atoms. The number of allylic oxidation sites excluding steroid dienone is 1. The van der Waals surface area contributed by atoms with Crippen molar-refractivity contribution < 1.29 is 9.47 Å². The first-order chi connectivity index (χ1) is 14.6. The highest BCUT2D eigenvalue weighted by molar-refractivity contribution is 5.65. The van der Waals surface area contributed by atoms with E-state index in [1.165, 1.54) is 41.5 Å². The van der Waals surface area contributed by atoms with Gasteiger partial charge in [-0.1, -0.05) is 25.3 Å². The Morgan fingerprint density at radius 2 is 1.97 bits per heavy atom. The Morgan fingerprint density at radius 1 is 1.20 bits per heavy atom. The van der Waals surface area contributed by atoms with E-state index in [9.17, 15) is 0 Å². The van der Waals surface area contributed by atoms with E-state index < -0.39 is 0 Å². The largest absolute Gasteiger partial charge is 0.481 e. The van der Waals surface area contributed by atoms with Crippen molar-refractivity contribution in [1.82, 2.24) is 10.3 Å². The Morgan fingerprint density at radius 3 is 2.73 bits per heavy atom. The minimum Gasteiger partial charge on any atom is -0.481 e. The molecule has 0 saturated carbocycles. The van der Waals surface area contributed by atoms with E-state index in [-0.39, 0.29) is 0 Å². The van der Waals surface area contributed by atoms with Gasteiger partial charge in [-0.2, -0.15) is 0 Å². The molecule has 158 valence electrons. The van der Waals surface area contributed by atoms with Gasteiger partial charge in [-0.3, -0.25) is 0 Å². The third kappa shape index (κ3) is 4.29. The van der Waals surface area contributed by atoms with Crippen LogP contribution < -0.4 is 10.1 Å². The molecule has 2 heterocycles. The van der Waals surface area contributed by atoms with Crippen molar-refractivity contribution in [2.24, 2.45) is 0 Å². The molecule has 0 bridgehead atoms. The average molecular weight is 405 g/mol. The number of benzene rings is 1. The van der Waals surface area contributed by atoms with E-state index in [1.54, 1.807) is 7.11 Å². The number of nitrogens with one attached hydrogen (secondary N) is 1. The molecule has 1 fully saturated rings. The first-order valence-corrected chi connectivity index (χ1v) is 10.9. The van der Waals surface area contributed by atoms with Crippen LogP contribution in [0.1, 0.15) is 58.6 Å². The molecule has 1 aliphatic heterocycles. The van der Waals surface area contributed by atoms with Gasteiger partial charge in [0.25, 0.3) is 0 Å². The summed E-state index contributed by atoms with van der Waals surface area (Å²) in [5.41, 5.74) is 9.56. The van der Waals surface area contributed by atoms with Crippen molar-refractivity contribution in [1.29, 1.82) is 0 Å². The molecule has 0 amide bonds. The SMILES string of the molecule is C=C(Cc1c(C2CCOCC2)cnc(OC)c1C)NC(=C)c1ccc2c(c1)CCC2. The first-order valence-electron chi connectivity index (χ1n) is 10.9. The highest BCUT2D eigenvalue weighted by Gasteiger charge is 2.22. The summed E-state index contributed by atoms with van der Waals surface area (Å²) in [4.78, 5) is 4.55. The lowest BCUT2D eigenvalue weighted by atomic mass is 9.86. The standard InChI is InChI=1S/C26H32N2O2/c1-17(28-19(3)22-9-8-20-6-5-7-23(20)15-22)14-24-18(2)26(29-4)27-16-25(24)21-10-12-30-13-11-21/h8-9,15-16,21,28H,1,3,5-7,10-14H2,2,4H3. The molecule has 1 aromatic carbocycles. The quantitative estimate of drug-likeness (QED) is 0.697. The van der Waals surface area contributed by atoms with Gasteiger partial charge < -0.3 is 14.8 Å². The van der Waals surface area contributed by atoms with Crippen LogP contribution >= 0.6 is 0 Å². The third-order valence-corrected chi connectivity index (χ3v) is 6.46. The first kappa shape index (κ1) is 20.7. The molecule has 4 rings (SSSR count). The van der Waals surface area contributed by atoms with E-state index in [1.807, 2.05) is 6.20 Å². The van der Waals surface area contributed by atoms with E-state index in [4.69, 9.17) is 9.47 Å². The van der Waals surface area contributed by atoms with E-state index in [0.29, 0.717) is 11.8 Å². The highest BCUT2D eigenvalue weighted by atomic mass is 16.5. The number of hydrogen-bond donors (Lipinski definition) is 1. The van der Waals surface area contributed by atoms with E-state index in [0.717, 1.165) is 55.0 Å². The van der Waals surface area contributed by atoms with Gasteiger partial charge in [-0.05, 0) is 78.8 Å². The normalized spacial score (nSPS) is 16.2. The fourth-order valence-electron chi connectivity index (χ4n) is 4.75. The zero-order valence-corrected chi connectivity index (χ0v) is 18.2. The molecular formula is C26H32N2O2. The second kappa shape index (κ2) is 9.05. The van der Waals surface area contributed by atoms with Gasteiger partial charge in [-0.15, -0.1) is 0 Å². The average Bonchev–Trinajstić information content (AvgIpc) is 3.23. The Hall–Kier alpha value is -2.59. The lowest BCUT2D eigenvalue weighted by Crippen LogP contribution is -2.19. The Labute approximate surface area is 180 Å². The van der Waals surface area contributed by atoms with Crippen LogP contribution in [0.5, 0.6) is 5.88 Å². The van der Waals surface area contributed by atoms with Gasteiger partial charge >= 0.3 is 0 Å².